The fraction of sp³-hybridized carbons (Fsp3) is 0.250. The van der Waals surface area contributed by atoms with Gasteiger partial charge in [0, 0.05) is 17.1 Å². The van der Waals surface area contributed by atoms with Gasteiger partial charge in [-0.2, -0.15) is 0 Å². The van der Waals surface area contributed by atoms with Crippen molar-refractivity contribution in [2.45, 2.75) is 32.6 Å². The Morgan fingerprint density at radius 1 is 1.00 bits per heavy atom. The molecule has 3 rings (SSSR count). The van der Waals surface area contributed by atoms with E-state index in [1.165, 1.54) is 13.2 Å². The smallest absolute Gasteiger partial charge is 0.340 e. The van der Waals surface area contributed by atoms with Crippen LogP contribution >= 0.6 is 0 Å². The zero-order valence-electron chi connectivity index (χ0n) is 19.6. The summed E-state index contributed by atoms with van der Waals surface area (Å²) in [5.41, 5.74) is 2.64. The van der Waals surface area contributed by atoms with Crippen LogP contribution in [0, 0.1) is 20.8 Å². The molecule has 0 radical (unpaired) electrons. The van der Waals surface area contributed by atoms with Crippen LogP contribution in [0.15, 0.2) is 47.4 Å². The van der Waals surface area contributed by atoms with Gasteiger partial charge in [-0.25, -0.2) is 13.2 Å². The maximum absolute atomic E-state index is 13.0. The Balaban J connectivity index is 1.85. The lowest BCUT2D eigenvalue weighted by Gasteiger charge is -2.13. The molecule has 1 aromatic heterocycles. The summed E-state index contributed by atoms with van der Waals surface area (Å²) in [5, 5.41) is 2.70. The molecule has 0 atom stereocenters. The van der Waals surface area contributed by atoms with Crippen LogP contribution in [-0.2, 0) is 14.8 Å². The van der Waals surface area contributed by atoms with Gasteiger partial charge in [0.05, 0.1) is 24.2 Å². The van der Waals surface area contributed by atoms with Gasteiger partial charge in [-0.15, -0.1) is 0 Å². The van der Waals surface area contributed by atoms with Gasteiger partial charge in [-0.3, -0.25) is 9.52 Å². The molecule has 10 heteroatoms. The molecular formula is C24H27N3O6S. The number of hydrogen-bond donors (Lipinski definition) is 3. The molecule has 0 fully saturated rings. The number of amides is 1. The van der Waals surface area contributed by atoms with Gasteiger partial charge in [0.1, 0.15) is 11.4 Å². The fourth-order valence-electron chi connectivity index (χ4n) is 3.52. The molecule has 0 saturated heterocycles. The number of carbonyl (C=O) groups is 2. The van der Waals surface area contributed by atoms with E-state index in [0.29, 0.717) is 33.8 Å². The Hall–Kier alpha value is -3.79. The Bertz CT molecular complexity index is 1330. The Morgan fingerprint density at radius 2 is 1.65 bits per heavy atom. The van der Waals surface area contributed by atoms with Gasteiger partial charge in [0.2, 0.25) is 0 Å². The van der Waals surface area contributed by atoms with E-state index in [1.54, 1.807) is 64.1 Å². The molecule has 180 valence electrons. The third kappa shape index (κ3) is 5.23. The zero-order valence-corrected chi connectivity index (χ0v) is 20.4. The van der Waals surface area contributed by atoms with Crippen LogP contribution in [0.25, 0.3) is 0 Å². The standard InChI is InChI=1S/C24H27N3O6S/c1-6-33-24(29)21-15(3)22(25-16(21)4)23(28)26-18-8-7-14(2)20(13-18)34(30,31)27-17-9-11-19(32-5)12-10-17/h7-13,25,27H,6H2,1-5H3,(H,26,28). The average molecular weight is 486 g/mol. The topological polar surface area (TPSA) is 127 Å². The van der Waals surface area contributed by atoms with Crippen molar-refractivity contribution in [2.24, 2.45) is 0 Å². The summed E-state index contributed by atoms with van der Waals surface area (Å²) < 4.78 is 38.7. The molecular weight excluding hydrogens is 458 g/mol. The summed E-state index contributed by atoms with van der Waals surface area (Å²) in [6.45, 7) is 6.91. The number of aromatic amines is 1. The number of hydrogen-bond acceptors (Lipinski definition) is 6. The molecule has 1 heterocycles. The monoisotopic (exact) mass is 485 g/mol. The third-order valence-corrected chi connectivity index (χ3v) is 6.75. The molecule has 3 N–H and O–H groups in total. The van der Waals surface area contributed by atoms with Crippen LogP contribution in [0.4, 0.5) is 11.4 Å². The number of aryl methyl sites for hydroxylation is 2. The second-order valence-electron chi connectivity index (χ2n) is 7.61. The van der Waals surface area contributed by atoms with Crippen molar-refractivity contribution in [3.8, 4) is 5.75 Å². The van der Waals surface area contributed by atoms with Gasteiger partial charge < -0.3 is 19.8 Å². The summed E-state index contributed by atoms with van der Waals surface area (Å²) in [7, 11) is -2.40. The maximum Gasteiger partial charge on any atom is 0.340 e. The number of carbonyl (C=O) groups excluding carboxylic acids is 2. The van der Waals surface area contributed by atoms with Crippen molar-refractivity contribution in [1.82, 2.24) is 4.98 Å². The number of ether oxygens (including phenoxy) is 2. The van der Waals surface area contributed by atoms with E-state index in [4.69, 9.17) is 9.47 Å². The van der Waals surface area contributed by atoms with Gasteiger partial charge in [0.15, 0.2) is 0 Å². The minimum Gasteiger partial charge on any atom is -0.497 e. The van der Waals surface area contributed by atoms with E-state index in [9.17, 15) is 18.0 Å². The van der Waals surface area contributed by atoms with Crippen molar-refractivity contribution < 1.29 is 27.5 Å². The first-order valence-corrected chi connectivity index (χ1v) is 12.0. The van der Waals surface area contributed by atoms with Crippen LogP contribution in [0.2, 0.25) is 0 Å². The highest BCUT2D eigenvalue weighted by atomic mass is 32.2. The number of methoxy groups -OCH3 is 1. The van der Waals surface area contributed by atoms with Crippen molar-refractivity contribution in [1.29, 1.82) is 0 Å². The van der Waals surface area contributed by atoms with Gasteiger partial charge in [0.25, 0.3) is 15.9 Å². The Kier molecular flexibility index (Phi) is 7.31. The molecule has 1 amide bonds. The number of H-pyrrole nitrogens is 1. The minimum absolute atomic E-state index is 0.0210. The molecule has 0 saturated carbocycles. The van der Waals surface area contributed by atoms with Crippen LogP contribution < -0.4 is 14.8 Å². The summed E-state index contributed by atoms with van der Waals surface area (Å²) >= 11 is 0. The zero-order chi connectivity index (χ0) is 25.0. The molecule has 0 aliphatic carbocycles. The van der Waals surface area contributed by atoms with Crippen LogP contribution in [0.5, 0.6) is 5.75 Å². The molecule has 9 nitrogen and oxygen atoms in total. The lowest BCUT2D eigenvalue weighted by molar-refractivity contribution is 0.0525. The van der Waals surface area contributed by atoms with E-state index in [0.717, 1.165) is 0 Å². The molecule has 0 aliphatic heterocycles. The fourth-order valence-corrected chi connectivity index (χ4v) is 4.85. The molecule has 0 spiro atoms. The van der Waals surface area contributed by atoms with Crippen molar-refractivity contribution in [3.05, 3.63) is 70.5 Å². The average Bonchev–Trinajstić information content (AvgIpc) is 3.09. The highest BCUT2D eigenvalue weighted by Gasteiger charge is 2.24. The molecule has 0 aliphatic rings. The molecule has 3 aromatic rings. The number of sulfonamides is 1. The number of nitrogens with one attached hydrogen (secondary N) is 3. The van der Waals surface area contributed by atoms with E-state index < -0.39 is 21.9 Å². The third-order valence-electron chi connectivity index (χ3n) is 5.22. The molecule has 34 heavy (non-hydrogen) atoms. The van der Waals surface area contributed by atoms with E-state index >= 15 is 0 Å². The molecule has 0 bridgehead atoms. The predicted molar refractivity (Wildman–Crippen MR) is 129 cm³/mol. The minimum atomic E-state index is -3.93. The van der Waals surface area contributed by atoms with Crippen molar-refractivity contribution in [3.63, 3.8) is 0 Å². The lowest BCUT2D eigenvalue weighted by atomic mass is 10.1. The number of esters is 1. The highest BCUT2D eigenvalue weighted by molar-refractivity contribution is 7.92. The quantitative estimate of drug-likeness (QED) is 0.411. The predicted octanol–water partition coefficient (Wildman–Crippen LogP) is 4.18. The number of benzene rings is 2. The number of anilines is 2. The highest BCUT2D eigenvalue weighted by Crippen LogP contribution is 2.25. The second-order valence-corrected chi connectivity index (χ2v) is 9.26. The number of aromatic nitrogens is 1. The van der Waals surface area contributed by atoms with Crippen LogP contribution in [0.3, 0.4) is 0 Å². The summed E-state index contributed by atoms with van der Waals surface area (Å²) in [4.78, 5) is 28.0. The summed E-state index contributed by atoms with van der Waals surface area (Å²) in [5.74, 6) is -0.419. The lowest BCUT2D eigenvalue weighted by Crippen LogP contribution is -2.17. The van der Waals surface area contributed by atoms with Crippen LogP contribution in [-0.4, -0.2) is 39.0 Å². The first-order chi connectivity index (χ1) is 16.1. The largest absolute Gasteiger partial charge is 0.497 e. The summed E-state index contributed by atoms with van der Waals surface area (Å²) in [6, 6.07) is 11.1. The first kappa shape index (κ1) is 24.8. The van der Waals surface area contributed by atoms with E-state index in [1.807, 2.05) is 0 Å². The van der Waals surface area contributed by atoms with Crippen molar-refractivity contribution in [2.75, 3.05) is 23.8 Å². The molecule has 2 aromatic carbocycles. The second kappa shape index (κ2) is 10.0. The van der Waals surface area contributed by atoms with Crippen molar-refractivity contribution >= 4 is 33.3 Å². The van der Waals surface area contributed by atoms with E-state index in [2.05, 4.69) is 15.0 Å². The Morgan fingerprint density at radius 3 is 2.26 bits per heavy atom. The first-order valence-electron chi connectivity index (χ1n) is 10.5. The van der Waals surface area contributed by atoms with Gasteiger partial charge in [-0.1, -0.05) is 6.07 Å². The SMILES string of the molecule is CCOC(=O)c1c(C)[nH]c(C(=O)Nc2ccc(C)c(S(=O)(=O)Nc3ccc(OC)cc3)c2)c1C. The summed E-state index contributed by atoms with van der Waals surface area (Å²) in [6.07, 6.45) is 0. The van der Waals surface area contributed by atoms with Crippen LogP contribution in [0.1, 0.15) is 44.6 Å². The molecule has 0 unspecified atom stereocenters. The van der Waals surface area contributed by atoms with Gasteiger partial charge >= 0.3 is 5.97 Å². The normalized spacial score (nSPS) is 11.1. The van der Waals surface area contributed by atoms with Gasteiger partial charge in [-0.05, 0) is 75.2 Å². The Labute approximate surface area is 198 Å². The number of rotatable bonds is 8. The maximum atomic E-state index is 13.0. The van der Waals surface area contributed by atoms with E-state index in [-0.39, 0.29) is 22.9 Å².